The lowest BCUT2D eigenvalue weighted by Gasteiger charge is -2.11. The van der Waals surface area contributed by atoms with Gasteiger partial charge in [-0.05, 0) is 37.3 Å². The van der Waals surface area contributed by atoms with Crippen molar-refractivity contribution < 1.29 is 5.11 Å². The second-order valence-electron chi connectivity index (χ2n) is 6.33. The number of imidazole rings is 1. The van der Waals surface area contributed by atoms with Crippen LogP contribution in [-0.2, 0) is 6.54 Å². The Kier molecular flexibility index (Phi) is 4.41. The summed E-state index contributed by atoms with van der Waals surface area (Å²) in [5.41, 5.74) is 3.93. The number of nitrogens with one attached hydrogen (secondary N) is 1. The molecule has 1 unspecified atom stereocenters. The van der Waals surface area contributed by atoms with Crippen LogP contribution in [0.1, 0.15) is 12.6 Å². The number of fused-ring (bicyclic) bond motifs is 1. The van der Waals surface area contributed by atoms with Gasteiger partial charge in [-0.2, -0.15) is 5.10 Å². The van der Waals surface area contributed by atoms with Crippen molar-refractivity contribution in [3.05, 3.63) is 72.6 Å². The minimum absolute atomic E-state index is 0.444. The molecule has 1 atom stereocenters. The number of hydrogen-bond donors (Lipinski definition) is 2. The molecule has 0 spiro atoms. The lowest BCUT2D eigenvalue weighted by Crippen LogP contribution is -2.18. The molecule has 2 heterocycles. The van der Waals surface area contributed by atoms with Crippen molar-refractivity contribution in [3.63, 3.8) is 0 Å². The molecule has 0 aliphatic carbocycles. The third-order valence-corrected chi connectivity index (χ3v) is 4.20. The topological polar surface area (TPSA) is 67.9 Å². The zero-order chi connectivity index (χ0) is 17.9. The highest BCUT2D eigenvalue weighted by atomic mass is 16.3. The van der Waals surface area contributed by atoms with E-state index in [9.17, 15) is 5.11 Å². The van der Waals surface area contributed by atoms with E-state index in [0.29, 0.717) is 13.1 Å². The molecule has 0 radical (unpaired) electrons. The lowest BCUT2D eigenvalue weighted by atomic mass is 10.3. The number of nitrogens with zero attached hydrogens (tertiary/aromatic N) is 4. The highest BCUT2D eigenvalue weighted by molar-refractivity contribution is 5.78. The Balaban J connectivity index is 1.66. The zero-order valence-electron chi connectivity index (χ0n) is 14.6. The summed E-state index contributed by atoms with van der Waals surface area (Å²) in [6.07, 6.45) is 1.52. The van der Waals surface area contributed by atoms with Crippen LogP contribution in [0, 0.1) is 0 Å². The average Bonchev–Trinajstić information content (AvgIpc) is 3.26. The smallest absolute Gasteiger partial charge is 0.204 e. The van der Waals surface area contributed by atoms with Gasteiger partial charge in [-0.1, -0.05) is 30.3 Å². The summed E-state index contributed by atoms with van der Waals surface area (Å²) in [6, 6.07) is 20.1. The first-order chi connectivity index (χ1) is 12.7. The van der Waals surface area contributed by atoms with E-state index in [1.807, 2.05) is 71.5 Å². The Labute approximate surface area is 151 Å². The van der Waals surface area contributed by atoms with Crippen molar-refractivity contribution in [1.82, 2.24) is 19.3 Å². The van der Waals surface area contributed by atoms with E-state index in [0.717, 1.165) is 28.4 Å². The van der Waals surface area contributed by atoms with Gasteiger partial charge in [-0.15, -0.1) is 0 Å². The van der Waals surface area contributed by atoms with Crippen molar-refractivity contribution in [2.45, 2.75) is 19.6 Å². The van der Waals surface area contributed by atoms with Crippen LogP contribution in [0.3, 0.4) is 0 Å². The van der Waals surface area contributed by atoms with Crippen molar-refractivity contribution in [3.8, 4) is 5.69 Å². The molecule has 0 amide bonds. The summed E-state index contributed by atoms with van der Waals surface area (Å²) >= 11 is 0. The first kappa shape index (κ1) is 16.4. The maximum atomic E-state index is 9.58. The molecule has 4 aromatic rings. The Morgan fingerprint density at radius 2 is 1.81 bits per heavy atom. The predicted octanol–water partition coefficient (Wildman–Crippen LogP) is 3.06. The average molecular weight is 347 g/mol. The highest BCUT2D eigenvalue weighted by Gasteiger charge is 2.12. The molecule has 6 heteroatoms. The maximum Gasteiger partial charge on any atom is 0.204 e. The zero-order valence-corrected chi connectivity index (χ0v) is 14.6. The van der Waals surface area contributed by atoms with Crippen LogP contribution in [0.25, 0.3) is 16.7 Å². The lowest BCUT2D eigenvalue weighted by molar-refractivity contribution is 0.208. The first-order valence-electron chi connectivity index (χ1n) is 8.68. The fourth-order valence-electron chi connectivity index (χ4n) is 2.94. The fraction of sp³-hybridized carbons (Fsp3) is 0.200. The Hall–Kier alpha value is -3.12. The third kappa shape index (κ3) is 3.32. The van der Waals surface area contributed by atoms with Gasteiger partial charge in [0.05, 0.1) is 35.1 Å². The van der Waals surface area contributed by atoms with Crippen molar-refractivity contribution >= 4 is 17.0 Å². The van der Waals surface area contributed by atoms with E-state index in [2.05, 4.69) is 20.0 Å². The monoisotopic (exact) mass is 347 g/mol. The predicted molar refractivity (Wildman–Crippen MR) is 103 cm³/mol. The fourth-order valence-corrected chi connectivity index (χ4v) is 2.94. The second kappa shape index (κ2) is 7.01. The largest absolute Gasteiger partial charge is 0.392 e. The molecule has 2 aromatic heterocycles. The molecule has 6 nitrogen and oxygen atoms in total. The van der Waals surface area contributed by atoms with Crippen LogP contribution in [0.15, 0.2) is 66.9 Å². The Bertz CT molecular complexity index is 1000. The van der Waals surface area contributed by atoms with Crippen LogP contribution < -0.4 is 5.32 Å². The number of rotatable bonds is 6. The van der Waals surface area contributed by atoms with Gasteiger partial charge >= 0.3 is 0 Å². The quantitative estimate of drug-likeness (QED) is 0.562. The molecule has 0 fully saturated rings. The van der Waals surface area contributed by atoms with E-state index < -0.39 is 6.10 Å². The minimum atomic E-state index is -0.444. The van der Waals surface area contributed by atoms with Gasteiger partial charge in [0.2, 0.25) is 5.95 Å². The van der Waals surface area contributed by atoms with Gasteiger partial charge < -0.3 is 15.0 Å². The molecule has 2 N–H and O–H groups in total. The van der Waals surface area contributed by atoms with Crippen LogP contribution in [0.2, 0.25) is 0 Å². The molecular formula is C20H21N5O. The summed E-state index contributed by atoms with van der Waals surface area (Å²) in [6.45, 7) is 2.80. The number of hydrogen-bond acceptors (Lipinski definition) is 4. The van der Waals surface area contributed by atoms with E-state index in [1.54, 1.807) is 6.92 Å². The number of aromatic nitrogens is 4. The van der Waals surface area contributed by atoms with Gasteiger partial charge in [0, 0.05) is 12.7 Å². The molecule has 0 aliphatic rings. The molecule has 26 heavy (non-hydrogen) atoms. The van der Waals surface area contributed by atoms with Gasteiger partial charge in [0.15, 0.2) is 0 Å². The van der Waals surface area contributed by atoms with E-state index in [4.69, 9.17) is 0 Å². The van der Waals surface area contributed by atoms with E-state index in [1.165, 1.54) is 0 Å². The molecule has 0 saturated heterocycles. The van der Waals surface area contributed by atoms with E-state index in [-0.39, 0.29) is 0 Å². The third-order valence-electron chi connectivity index (χ3n) is 4.20. The highest BCUT2D eigenvalue weighted by Crippen LogP contribution is 2.21. The number of benzene rings is 2. The summed E-state index contributed by atoms with van der Waals surface area (Å²) in [5.74, 6) is 0.737. The van der Waals surface area contributed by atoms with Crippen LogP contribution >= 0.6 is 0 Å². The molecule has 0 aliphatic heterocycles. The van der Waals surface area contributed by atoms with Crippen molar-refractivity contribution in [2.24, 2.45) is 0 Å². The number of aliphatic hydroxyl groups excluding tert-OH is 1. The van der Waals surface area contributed by atoms with Gasteiger partial charge in [-0.3, -0.25) is 0 Å². The maximum absolute atomic E-state index is 9.58. The Morgan fingerprint density at radius 3 is 2.62 bits per heavy atom. The molecule has 0 saturated carbocycles. The van der Waals surface area contributed by atoms with Crippen molar-refractivity contribution in [2.75, 3.05) is 11.9 Å². The normalized spacial score (nSPS) is 12.4. The van der Waals surface area contributed by atoms with E-state index >= 15 is 0 Å². The van der Waals surface area contributed by atoms with Gasteiger partial charge in [0.25, 0.3) is 0 Å². The SMILES string of the molecule is CC(O)CNc1nc2ccccc2n1Cc1ccn(-c2ccccc2)n1. The van der Waals surface area contributed by atoms with Crippen molar-refractivity contribution in [1.29, 1.82) is 0 Å². The second-order valence-corrected chi connectivity index (χ2v) is 6.33. The Morgan fingerprint density at radius 1 is 1.04 bits per heavy atom. The number of anilines is 1. The number of aliphatic hydroxyl groups is 1. The first-order valence-corrected chi connectivity index (χ1v) is 8.68. The summed E-state index contributed by atoms with van der Waals surface area (Å²) in [7, 11) is 0. The van der Waals surface area contributed by atoms with Crippen LogP contribution in [-0.4, -0.2) is 37.1 Å². The van der Waals surface area contributed by atoms with Gasteiger partial charge in [0.1, 0.15) is 0 Å². The van der Waals surface area contributed by atoms with Gasteiger partial charge in [-0.25, -0.2) is 9.67 Å². The minimum Gasteiger partial charge on any atom is -0.392 e. The molecule has 4 rings (SSSR count). The molecule has 0 bridgehead atoms. The summed E-state index contributed by atoms with van der Waals surface area (Å²) in [5, 5.41) is 17.5. The van der Waals surface area contributed by atoms with Crippen LogP contribution in [0.5, 0.6) is 0 Å². The number of para-hydroxylation sites is 3. The summed E-state index contributed by atoms with van der Waals surface area (Å²) < 4.78 is 3.97. The molecular weight excluding hydrogens is 326 g/mol. The van der Waals surface area contributed by atoms with Crippen LogP contribution in [0.4, 0.5) is 5.95 Å². The summed E-state index contributed by atoms with van der Waals surface area (Å²) in [4.78, 5) is 4.65. The molecule has 132 valence electrons. The molecule has 2 aromatic carbocycles. The standard InChI is InChI=1S/C20H21N5O/c1-15(26)13-21-20-22-18-9-5-6-10-19(18)24(20)14-16-11-12-25(23-16)17-7-3-2-4-8-17/h2-12,15,26H,13-14H2,1H3,(H,21,22).